The Morgan fingerprint density at radius 3 is 3.00 bits per heavy atom. The molecule has 1 heterocycles. The Kier molecular flexibility index (Phi) is 3.76. The predicted octanol–water partition coefficient (Wildman–Crippen LogP) is -1.05. The summed E-state index contributed by atoms with van der Waals surface area (Å²) in [6.45, 7) is 0. The molecule has 3 heteroatoms. The summed E-state index contributed by atoms with van der Waals surface area (Å²) in [4.78, 5) is 0. The molecule has 1 rings (SSSR count). The first-order valence-corrected chi connectivity index (χ1v) is 37.4. The van der Waals surface area contributed by atoms with E-state index in [2.05, 4.69) is 7.57 Å². The summed E-state index contributed by atoms with van der Waals surface area (Å²) in [5.74, 6) is 0. The molecule has 5 heavy (non-hydrogen) atoms. The van der Waals surface area contributed by atoms with Crippen molar-refractivity contribution in [2.24, 2.45) is 0 Å². The van der Waals surface area contributed by atoms with Gasteiger partial charge in [0.15, 0.2) is 0 Å². The summed E-state index contributed by atoms with van der Waals surface area (Å²) in [6, 6.07) is 0. The van der Waals surface area contributed by atoms with Gasteiger partial charge in [0.2, 0.25) is 0 Å². The molecule has 25 valence electrons. The monoisotopic (exact) mass is 653 g/mol. The van der Waals surface area contributed by atoms with Crippen LogP contribution >= 0.6 is 0 Å². The van der Waals surface area contributed by atoms with Gasteiger partial charge >= 0.3 is 56.8 Å². The van der Waals surface area contributed by atoms with Crippen molar-refractivity contribution in [3.8, 4) is 0 Å². The molecule has 1 aliphatic rings. The molecule has 0 saturated heterocycles. The number of hydrogen-bond acceptors (Lipinski definition) is 0. The van der Waals surface area contributed by atoms with Gasteiger partial charge in [-0.15, -0.1) is 0 Å². The molecule has 0 atom stereocenters. The van der Waals surface area contributed by atoms with Crippen LogP contribution in [0.25, 0.3) is 0 Å². The minimum atomic E-state index is 0.185. The van der Waals surface area contributed by atoms with E-state index in [4.69, 9.17) is 0 Å². The van der Waals surface area contributed by atoms with Gasteiger partial charge in [0, 0.05) is 0 Å². The number of hydrogen-bond donors (Lipinski definition) is 0. The van der Waals surface area contributed by atoms with E-state index in [9.17, 15) is 0 Å². The molecule has 0 aromatic carbocycles. The van der Waals surface area contributed by atoms with Gasteiger partial charge in [-0.3, -0.25) is 0 Å². The molecule has 0 aliphatic carbocycles. The Bertz CT molecular complexity index is 63.0. The van der Waals surface area contributed by atoms with Gasteiger partial charge in [0.25, 0.3) is 0 Å². The van der Waals surface area contributed by atoms with E-state index in [0.717, 1.165) is 0 Å². The van der Waals surface area contributed by atoms with Gasteiger partial charge in [0.05, 0.1) is 0 Å². The maximum absolute atomic E-state index is 3.44. The van der Waals surface area contributed by atoms with Gasteiger partial charge in [-0.1, -0.05) is 0 Å². The molecule has 0 fully saturated rings. The van der Waals surface area contributed by atoms with Crippen molar-refractivity contribution in [3.63, 3.8) is 0 Å². The molecule has 1 radical (unpaired) electrons. The van der Waals surface area contributed by atoms with Crippen LogP contribution in [-0.2, 0) is 0 Å². The zero-order valence-corrected chi connectivity index (χ0v) is 13.3. The van der Waals surface area contributed by atoms with E-state index in [0.29, 0.717) is 13.0 Å². The second-order valence-corrected chi connectivity index (χ2v) is 87.6. The Balaban J connectivity index is 2.61. The molecule has 0 N–H and O–H groups in total. The van der Waals surface area contributed by atoms with Gasteiger partial charge in [-0.05, 0) is 0 Å². The third-order valence-corrected chi connectivity index (χ3v) is 87.2. The molecular formula is C2H2Bi3. The fraction of sp³-hybridized carbons (Fsp3) is 0. The Hall–Kier alpha value is 2.39. The van der Waals surface area contributed by atoms with Crippen molar-refractivity contribution in [3.05, 3.63) is 7.57 Å². The topological polar surface area (TPSA) is 0 Å². The van der Waals surface area contributed by atoms with Crippen LogP contribution in [0.3, 0.4) is 0 Å². The van der Waals surface area contributed by atoms with E-state index >= 15 is 0 Å². The molecule has 0 spiro atoms. The first-order chi connectivity index (χ1) is 2.50. The van der Waals surface area contributed by atoms with Gasteiger partial charge in [0.1, 0.15) is 0 Å². The fourth-order valence-corrected chi connectivity index (χ4v) is 97.5. The van der Waals surface area contributed by atoms with Crippen LogP contribution in [0.15, 0.2) is 3.78 Å². The second kappa shape index (κ2) is 3.40. The number of rotatable bonds is 0. The van der Waals surface area contributed by atoms with Crippen LogP contribution in [0.4, 0.5) is 0 Å². The minimum absolute atomic E-state index is 0.185. The Labute approximate surface area is 55.2 Å². The third-order valence-electron chi connectivity index (χ3n) is 0.295. The Morgan fingerprint density at radius 1 is 1.80 bits per heavy atom. The van der Waals surface area contributed by atoms with Gasteiger partial charge in [-0.25, -0.2) is 0 Å². The SMILES string of the molecule is [C]1=[CH][BiH][Bi]=[Bi]1. The summed E-state index contributed by atoms with van der Waals surface area (Å²) >= 11 is 0.867. The van der Waals surface area contributed by atoms with Crippen LogP contribution in [-0.4, -0.2) is 49.2 Å². The van der Waals surface area contributed by atoms with Crippen molar-refractivity contribution in [2.45, 2.75) is 0 Å². The molecule has 0 nitrogen and oxygen atoms in total. The molecule has 1 aliphatic heterocycles. The van der Waals surface area contributed by atoms with Crippen molar-refractivity contribution >= 4 is 49.2 Å². The van der Waals surface area contributed by atoms with E-state index in [1.54, 1.807) is 0 Å². The molecule has 0 amide bonds. The first kappa shape index (κ1) is 5.52. The zero-order chi connectivity index (χ0) is 3.54. The van der Waals surface area contributed by atoms with Crippen molar-refractivity contribution in [1.82, 2.24) is 0 Å². The average Bonchev–Trinajstić information content (AvgIpc) is 1.76. The average molecular weight is 653 g/mol. The molecule has 0 bridgehead atoms. The molecule has 0 unspecified atom stereocenters. The summed E-state index contributed by atoms with van der Waals surface area (Å²) in [5, 5.41) is 0. The van der Waals surface area contributed by atoms with E-state index in [1.807, 2.05) is 0 Å². The Morgan fingerprint density at radius 2 is 2.80 bits per heavy atom. The fourth-order valence-electron chi connectivity index (χ4n) is 0.144. The maximum atomic E-state index is 3.44. The quantitative estimate of drug-likeness (QED) is 0.294. The molecule has 0 aromatic rings. The van der Waals surface area contributed by atoms with E-state index in [1.165, 1.54) is 0 Å². The van der Waals surface area contributed by atoms with Crippen LogP contribution < -0.4 is 0 Å². The van der Waals surface area contributed by atoms with Gasteiger partial charge in [-0.2, -0.15) is 0 Å². The van der Waals surface area contributed by atoms with Gasteiger partial charge < -0.3 is 0 Å². The van der Waals surface area contributed by atoms with Crippen LogP contribution in [0, 0.1) is 3.78 Å². The third kappa shape index (κ3) is 2.25. The van der Waals surface area contributed by atoms with Crippen molar-refractivity contribution in [1.29, 1.82) is 0 Å². The van der Waals surface area contributed by atoms with Crippen LogP contribution in [0.2, 0.25) is 0 Å². The normalized spacial score (nSPS) is 17.6. The van der Waals surface area contributed by atoms with Crippen molar-refractivity contribution < 1.29 is 0 Å². The van der Waals surface area contributed by atoms with E-state index < -0.39 is 0 Å². The van der Waals surface area contributed by atoms with Crippen LogP contribution in [0.5, 0.6) is 0 Å². The molecule has 0 saturated carbocycles. The zero-order valence-electron chi connectivity index (χ0n) is 2.47. The molecular weight excluding hydrogens is 651 g/mol. The second-order valence-electron chi connectivity index (χ2n) is 0.603. The summed E-state index contributed by atoms with van der Waals surface area (Å²) in [5.41, 5.74) is 0. The summed E-state index contributed by atoms with van der Waals surface area (Å²) in [7, 11) is 0. The van der Waals surface area contributed by atoms with Crippen molar-refractivity contribution in [2.75, 3.05) is 0 Å². The van der Waals surface area contributed by atoms with Crippen LogP contribution in [0.1, 0.15) is 0 Å². The summed E-state index contributed by atoms with van der Waals surface area (Å²) < 4.78 is 5.91. The first-order valence-electron chi connectivity index (χ1n) is 1.22. The summed E-state index contributed by atoms with van der Waals surface area (Å²) in [6.07, 6.45) is 0. The van der Waals surface area contributed by atoms with E-state index in [-0.39, 0.29) is 36.2 Å². The molecule has 0 aromatic heterocycles. The standard InChI is InChI=1S/C2H.3Bi.H/c1-2;;;;/h1H;;;;. The predicted molar refractivity (Wildman–Crippen MR) is 26.5 cm³/mol.